The second kappa shape index (κ2) is 11.6. The Bertz CT molecular complexity index is 1290. The second-order valence-electron chi connectivity index (χ2n) is 9.25. The molecule has 0 bridgehead atoms. The Morgan fingerprint density at radius 2 is 1.92 bits per heavy atom. The quantitative estimate of drug-likeness (QED) is 0.317. The maximum Gasteiger partial charge on any atom is 0.223 e. The molecule has 1 aliphatic heterocycles. The van der Waals surface area contributed by atoms with Crippen LogP contribution in [0, 0.1) is 11.2 Å². The van der Waals surface area contributed by atoms with Crippen molar-refractivity contribution in [3.05, 3.63) is 48.2 Å². The molecule has 37 heavy (non-hydrogen) atoms. The topological polar surface area (TPSA) is 140 Å². The molecular weight excluding hydrogens is 503 g/mol. The number of aromatic amines is 1. The molecule has 2 aromatic heterocycles. The number of methoxy groups -OCH3 is 1. The van der Waals surface area contributed by atoms with Gasteiger partial charge in [0.25, 0.3) is 0 Å². The van der Waals surface area contributed by atoms with Crippen LogP contribution in [0.2, 0.25) is 0 Å². The number of nitrogens with one attached hydrogen (secondary N) is 3. The van der Waals surface area contributed by atoms with E-state index in [0.717, 1.165) is 12.7 Å². The van der Waals surface area contributed by atoms with E-state index >= 15 is 0 Å². The van der Waals surface area contributed by atoms with E-state index in [1.54, 1.807) is 31.5 Å². The van der Waals surface area contributed by atoms with Crippen molar-refractivity contribution in [2.24, 2.45) is 5.41 Å². The SMILES string of the molecule is COCCCNc1nccc(-c2[nH]c(C3OCC(C)(CNS(C)(=O)=O)CO3)nc2-c2ccc(F)cc2)n1. The molecule has 1 aromatic carbocycles. The van der Waals surface area contributed by atoms with Gasteiger partial charge in [0.2, 0.25) is 22.3 Å². The number of rotatable bonds is 11. The highest BCUT2D eigenvalue weighted by atomic mass is 32.2. The Morgan fingerprint density at radius 3 is 2.59 bits per heavy atom. The third kappa shape index (κ3) is 7.29. The van der Waals surface area contributed by atoms with E-state index in [1.165, 1.54) is 12.1 Å². The highest BCUT2D eigenvalue weighted by molar-refractivity contribution is 7.88. The molecule has 13 heteroatoms. The lowest BCUT2D eigenvalue weighted by Gasteiger charge is -2.36. The van der Waals surface area contributed by atoms with Crippen molar-refractivity contribution in [1.82, 2.24) is 24.7 Å². The first-order valence-corrected chi connectivity index (χ1v) is 13.6. The number of benzene rings is 1. The number of ether oxygens (including phenoxy) is 3. The highest BCUT2D eigenvalue weighted by Crippen LogP contribution is 2.35. The third-order valence-corrected chi connectivity index (χ3v) is 6.38. The molecule has 4 rings (SSSR count). The summed E-state index contributed by atoms with van der Waals surface area (Å²) in [5.74, 6) is 0.515. The van der Waals surface area contributed by atoms with Crippen LogP contribution in [-0.4, -0.2) is 74.6 Å². The summed E-state index contributed by atoms with van der Waals surface area (Å²) in [6, 6.07) is 7.76. The molecule has 1 saturated heterocycles. The van der Waals surface area contributed by atoms with Gasteiger partial charge in [-0.05, 0) is 36.8 Å². The maximum atomic E-state index is 13.6. The van der Waals surface area contributed by atoms with Gasteiger partial charge >= 0.3 is 0 Å². The van der Waals surface area contributed by atoms with Crippen LogP contribution in [0.3, 0.4) is 0 Å². The lowest BCUT2D eigenvalue weighted by Crippen LogP contribution is -2.45. The van der Waals surface area contributed by atoms with Crippen LogP contribution in [0.4, 0.5) is 10.3 Å². The van der Waals surface area contributed by atoms with Crippen LogP contribution in [0.5, 0.6) is 0 Å². The molecular formula is C24H31FN6O5S. The molecule has 0 amide bonds. The van der Waals surface area contributed by atoms with Crippen molar-refractivity contribution in [2.45, 2.75) is 19.6 Å². The van der Waals surface area contributed by atoms with E-state index in [4.69, 9.17) is 19.2 Å². The molecule has 0 saturated carbocycles. The summed E-state index contributed by atoms with van der Waals surface area (Å²) in [7, 11) is -1.69. The number of imidazole rings is 1. The molecule has 1 fully saturated rings. The average Bonchev–Trinajstić information content (AvgIpc) is 3.32. The van der Waals surface area contributed by atoms with Gasteiger partial charge < -0.3 is 24.5 Å². The largest absolute Gasteiger partial charge is 0.385 e. The standard InChI is InChI=1S/C24H31FN6O5S/c1-24(13-28-37(3,32)33)14-35-22(36-15-24)21-30-19(16-5-7-17(25)8-6-16)20(31-21)18-9-11-27-23(29-18)26-10-4-12-34-2/h5-9,11,22,28H,4,10,12-15H2,1-3H3,(H,30,31)(H,26,27,29). The smallest absolute Gasteiger partial charge is 0.223 e. The average molecular weight is 535 g/mol. The number of hydrogen-bond donors (Lipinski definition) is 3. The maximum absolute atomic E-state index is 13.6. The Balaban J connectivity index is 1.58. The first kappa shape index (κ1) is 27.1. The molecule has 0 spiro atoms. The van der Waals surface area contributed by atoms with Crippen molar-refractivity contribution in [2.75, 3.05) is 51.6 Å². The van der Waals surface area contributed by atoms with Gasteiger partial charge in [-0.2, -0.15) is 0 Å². The second-order valence-corrected chi connectivity index (χ2v) is 11.1. The van der Waals surface area contributed by atoms with Crippen molar-refractivity contribution in [3.63, 3.8) is 0 Å². The molecule has 200 valence electrons. The summed E-state index contributed by atoms with van der Waals surface area (Å²) in [4.78, 5) is 16.9. The Labute approximate surface area is 215 Å². The first-order chi connectivity index (χ1) is 17.7. The molecule has 0 radical (unpaired) electrons. The minimum Gasteiger partial charge on any atom is -0.385 e. The van der Waals surface area contributed by atoms with Gasteiger partial charge in [0.05, 0.1) is 36.6 Å². The summed E-state index contributed by atoms with van der Waals surface area (Å²) in [6.45, 7) is 3.84. The molecule has 3 heterocycles. The van der Waals surface area contributed by atoms with Crippen molar-refractivity contribution < 1.29 is 27.0 Å². The molecule has 11 nitrogen and oxygen atoms in total. The van der Waals surface area contributed by atoms with Gasteiger partial charge in [0.1, 0.15) is 5.82 Å². The Morgan fingerprint density at radius 1 is 1.19 bits per heavy atom. The summed E-state index contributed by atoms with van der Waals surface area (Å²) >= 11 is 0. The van der Waals surface area contributed by atoms with E-state index in [1.807, 2.05) is 6.92 Å². The number of hydrogen-bond acceptors (Lipinski definition) is 9. The zero-order valence-corrected chi connectivity index (χ0v) is 21.8. The van der Waals surface area contributed by atoms with Crippen LogP contribution in [0.25, 0.3) is 22.6 Å². The van der Waals surface area contributed by atoms with Gasteiger partial charge in [-0.3, -0.25) is 0 Å². The van der Waals surface area contributed by atoms with Crippen molar-refractivity contribution >= 4 is 16.0 Å². The Kier molecular flexibility index (Phi) is 8.49. The van der Waals surface area contributed by atoms with Crippen molar-refractivity contribution in [3.8, 4) is 22.6 Å². The van der Waals surface area contributed by atoms with Gasteiger partial charge in [0, 0.05) is 44.0 Å². The summed E-state index contributed by atoms with van der Waals surface area (Å²) in [6.07, 6.45) is 2.75. The number of nitrogens with zero attached hydrogens (tertiary/aromatic N) is 3. The van der Waals surface area contributed by atoms with Crippen LogP contribution in [-0.2, 0) is 24.2 Å². The molecule has 0 unspecified atom stereocenters. The van der Waals surface area contributed by atoms with Crippen LogP contribution in [0.15, 0.2) is 36.5 Å². The number of H-pyrrole nitrogens is 1. The van der Waals surface area contributed by atoms with Crippen molar-refractivity contribution in [1.29, 1.82) is 0 Å². The van der Waals surface area contributed by atoms with E-state index in [0.29, 0.717) is 47.6 Å². The first-order valence-electron chi connectivity index (χ1n) is 11.8. The third-order valence-electron chi connectivity index (χ3n) is 5.71. The molecule has 3 N–H and O–H groups in total. The number of halogens is 1. The number of sulfonamides is 1. The minimum atomic E-state index is -3.34. The van der Waals surface area contributed by atoms with Crippen LogP contribution in [0.1, 0.15) is 25.5 Å². The molecule has 0 aliphatic carbocycles. The number of aromatic nitrogens is 4. The highest BCUT2D eigenvalue weighted by Gasteiger charge is 2.35. The summed E-state index contributed by atoms with van der Waals surface area (Å²) < 4.78 is 56.0. The Hall–Kier alpha value is -2.97. The van der Waals surface area contributed by atoms with Gasteiger partial charge in [0.15, 0.2) is 5.82 Å². The van der Waals surface area contributed by atoms with Gasteiger partial charge in [-0.15, -0.1) is 0 Å². The molecule has 3 aromatic rings. The summed E-state index contributed by atoms with van der Waals surface area (Å²) in [5, 5.41) is 3.17. The van der Waals surface area contributed by atoms with E-state index < -0.39 is 21.7 Å². The predicted octanol–water partition coefficient (Wildman–Crippen LogP) is 2.72. The van der Waals surface area contributed by atoms with E-state index in [-0.39, 0.29) is 25.6 Å². The zero-order chi connectivity index (χ0) is 26.5. The minimum absolute atomic E-state index is 0.184. The van der Waals surface area contributed by atoms with Crippen LogP contribution < -0.4 is 10.0 Å². The predicted molar refractivity (Wildman–Crippen MR) is 136 cm³/mol. The van der Waals surface area contributed by atoms with Gasteiger partial charge in [-0.25, -0.2) is 32.5 Å². The lowest BCUT2D eigenvalue weighted by atomic mass is 9.92. The fourth-order valence-electron chi connectivity index (χ4n) is 3.71. The molecule has 1 aliphatic rings. The molecule has 0 atom stereocenters. The van der Waals surface area contributed by atoms with E-state index in [2.05, 4.69) is 25.0 Å². The monoisotopic (exact) mass is 534 g/mol. The zero-order valence-electron chi connectivity index (χ0n) is 21.0. The lowest BCUT2D eigenvalue weighted by molar-refractivity contribution is -0.231. The summed E-state index contributed by atoms with van der Waals surface area (Å²) in [5.41, 5.74) is 1.89. The van der Waals surface area contributed by atoms with Gasteiger partial charge in [-0.1, -0.05) is 6.92 Å². The van der Waals surface area contributed by atoms with Crippen LogP contribution >= 0.6 is 0 Å². The normalized spacial score (nSPS) is 20.2. The fourth-order valence-corrected chi connectivity index (χ4v) is 4.32. The fraction of sp³-hybridized carbons (Fsp3) is 0.458. The number of anilines is 1. The van der Waals surface area contributed by atoms with E-state index in [9.17, 15) is 12.8 Å².